The van der Waals surface area contributed by atoms with Gasteiger partial charge in [-0.25, -0.2) is 0 Å². The number of hydrogen-bond donors (Lipinski definition) is 2. The largest absolute Gasteiger partial charge is 0.257 e. The lowest BCUT2D eigenvalue weighted by molar-refractivity contribution is 0.689. The molecule has 14 heavy (non-hydrogen) atoms. The number of aryl methyl sites for hydroxylation is 3. The van der Waals surface area contributed by atoms with Crippen molar-refractivity contribution in [3.05, 3.63) is 34.4 Å². The van der Waals surface area contributed by atoms with Crippen molar-refractivity contribution in [2.75, 3.05) is 13.1 Å². The standard InChI is InChI=1S/C12H18N2/c1-8-4-9(2)12(10(3)5-8)11-6-13-14-7-11/h4-5,11,13-14H,6-7H2,1-3H3. The van der Waals surface area contributed by atoms with E-state index in [-0.39, 0.29) is 0 Å². The maximum Gasteiger partial charge on any atom is 0.0182 e. The molecule has 2 rings (SSSR count). The van der Waals surface area contributed by atoms with Crippen molar-refractivity contribution < 1.29 is 0 Å². The lowest BCUT2D eigenvalue weighted by Gasteiger charge is -2.16. The lowest BCUT2D eigenvalue weighted by Crippen LogP contribution is -2.21. The maximum atomic E-state index is 3.19. The summed E-state index contributed by atoms with van der Waals surface area (Å²) in [7, 11) is 0. The average molecular weight is 190 g/mol. The zero-order valence-electron chi connectivity index (χ0n) is 9.15. The van der Waals surface area contributed by atoms with E-state index in [4.69, 9.17) is 0 Å². The van der Waals surface area contributed by atoms with Crippen LogP contribution in [0.25, 0.3) is 0 Å². The highest BCUT2D eigenvalue weighted by Crippen LogP contribution is 2.25. The zero-order valence-corrected chi connectivity index (χ0v) is 9.15. The number of rotatable bonds is 1. The molecule has 2 nitrogen and oxygen atoms in total. The molecule has 1 aromatic carbocycles. The van der Waals surface area contributed by atoms with E-state index in [1.165, 1.54) is 22.3 Å². The first-order valence-electron chi connectivity index (χ1n) is 5.22. The summed E-state index contributed by atoms with van der Waals surface area (Å²) in [5.74, 6) is 0.635. The summed E-state index contributed by atoms with van der Waals surface area (Å²) in [6, 6.07) is 4.56. The minimum absolute atomic E-state index is 0.635. The normalized spacial score (nSPS) is 17.6. The molecule has 0 aromatic heterocycles. The Bertz CT molecular complexity index is 315. The van der Waals surface area contributed by atoms with Gasteiger partial charge in [-0.1, -0.05) is 17.7 Å². The minimum atomic E-state index is 0.635. The van der Waals surface area contributed by atoms with Gasteiger partial charge >= 0.3 is 0 Å². The Hall–Kier alpha value is -0.860. The van der Waals surface area contributed by atoms with E-state index in [1.807, 2.05) is 0 Å². The van der Waals surface area contributed by atoms with Crippen molar-refractivity contribution in [3.8, 4) is 0 Å². The number of hydrogen-bond acceptors (Lipinski definition) is 2. The van der Waals surface area contributed by atoms with Crippen molar-refractivity contribution in [1.82, 2.24) is 10.9 Å². The monoisotopic (exact) mass is 190 g/mol. The van der Waals surface area contributed by atoms with Gasteiger partial charge in [0.05, 0.1) is 0 Å². The van der Waals surface area contributed by atoms with E-state index in [9.17, 15) is 0 Å². The first-order valence-corrected chi connectivity index (χ1v) is 5.22. The van der Waals surface area contributed by atoms with Gasteiger partial charge in [0.25, 0.3) is 0 Å². The fourth-order valence-electron chi connectivity index (χ4n) is 2.50. The SMILES string of the molecule is Cc1cc(C)c(C2CNNC2)c(C)c1. The van der Waals surface area contributed by atoms with E-state index in [1.54, 1.807) is 0 Å². The summed E-state index contributed by atoms with van der Waals surface area (Å²) < 4.78 is 0. The van der Waals surface area contributed by atoms with Gasteiger partial charge in [0.2, 0.25) is 0 Å². The fourth-order valence-corrected chi connectivity index (χ4v) is 2.50. The molecule has 0 amide bonds. The smallest absolute Gasteiger partial charge is 0.0182 e. The maximum absolute atomic E-state index is 3.19. The third-order valence-electron chi connectivity index (χ3n) is 2.97. The summed E-state index contributed by atoms with van der Waals surface area (Å²) in [6.07, 6.45) is 0. The second-order valence-corrected chi connectivity index (χ2v) is 4.27. The van der Waals surface area contributed by atoms with Crippen LogP contribution in [-0.4, -0.2) is 13.1 Å². The molecule has 76 valence electrons. The summed E-state index contributed by atoms with van der Waals surface area (Å²) in [5, 5.41) is 0. The summed E-state index contributed by atoms with van der Waals surface area (Å²) in [6.45, 7) is 8.69. The summed E-state index contributed by atoms with van der Waals surface area (Å²) in [4.78, 5) is 0. The third kappa shape index (κ3) is 1.68. The molecule has 1 aliphatic rings. The van der Waals surface area contributed by atoms with Gasteiger partial charge in [-0.3, -0.25) is 10.9 Å². The van der Waals surface area contributed by atoms with Crippen LogP contribution in [0.4, 0.5) is 0 Å². The van der Waals surface area contributed by atoms with Gasteiger partial charge in [0.15, 0.2) is 0 Å². The highest BCUT2D eigenvalue weighted by molar-refractivity contribution is 5.40. The van der Waals surface area contributed by atoms with Gasteiger partial charge < -0.3 is 0 Å². The molecule has 1 heterocycles. The zero-order chi connectivity index (χ0) is 10.1. The highest BCUT2D eigenvalue weighted by atomic mass is 15.4. The predicted octanol–water partition coefficient (Wildman–Crippen LogP) is 1.80. The topological polar surface area (TPSA) is 24.1 Å². The van der Waals surface area contributed by atoms with Crippen LogP contribution in [0.1, 0.15) is 28.2 Å². The van der Waals surface area contributed by atoms with Crippen molar-refractivity contribution in [2.24, 2.45) is 0 Å². The Morgan fingerprint density at radius 3 is 2.00 bits per heavy atom. The average Bonchev–Trinajstić information content (AvgIpc) is 2.54. The Labute approximate surface area is 85.7 Å². The number of nitrogens with one attached hydrogen (secondary N) is 2. The van der Waals surface area contributed by atoms with Crippen LogP contribution in [0.3, 0.4) is 0 Å². The van der Waals surface area contributed by atoms with E-state index in [0.29, 0.717) is 5.92 Å². The molecule has 0 radical (unpaired) electrons. The van der Waals surface area contributed by atoms with Crippen molar-refractivity contribution in [1.29, 1.82) is 0 Å². The highest BCUT2D eigenvalue weighted by Gasteiger charge is 2.19. The molecule has 0 bridgehead atoms. The molecule has 0 saturated carbocycles. The summed E-state index contributed by atoms with van der Waals surface area (Å²) in [5.41, 5.74) is 12.1. The second-order valence-electron chi connectivity index (χ2n) is 4.27. The van der Waals surface area contributed by atoms with E-state index in [0.717, 1.165) is 13.1 Å². The van der Waals surface area contributed by atoms with Gasteiger partial charge in [0.1, 0.15) is 0 Å². The van der Waals surface area contributed by atoms with E-state index >= 15 is 0 Å². The van der Waals surface area contributed by atoms with Crippen LogP contribution in [0.2, 0.25) is 0 Å². The van der Waals surface area contributed by atoms with Crippen molar-refractivity contribution >= 4 is 0 Å². The molecule has 1 saturated heterocycles. The van der Waals surface area contributed by atoms with Crippen LogP contribution < -0.4 is 10.9 Å². The van der Waals surface area contributed by atoms with Gasteiger partial charge in [-0.05, 0) is 37.5 Å². The molecular weight excluding hydrogens is 172 g/mol. The molecule has 1 aliphatic heterocycles. The molecular formula is C12H18N2. The molecule has 0 spiro atoms. The molecule has 0 aliphatic carbocycles. The molecule has 2 heteroatoms. The van der Waals surface area contributed by atoms with E-state index in [2.05, 4.69) is 43.8 Å². The first-order chi connectivity index (χ1) is 6.68. The predicted molar refractivity (Wildman–Crippen MR) is 59.4 cm³/mol. The molecule has 2 N–H and O–H groups in total. The van der Waals surface area contributed by atoms with Crippen molar-refractivity contribution in [2.45, 2.75) is 26.7 Å². The molecule has 0 atom stereocenters. The van der Waals surface area contributed by atoms with Crippen LogP contribution in [0.15, 0.2) is 12.1 Å². The second kappa shape index (κ2) is 3.71. The number of benzene rings is 1. The Morgan fingerprint density at radius 1 is 1.00 bits per heavy atom. The van der Waals surface area contributed by atoms with Gasteiger partial charge in [-0.15, -0.1) is 0 Å². The Morgan fingerprint density at radius 2 is 1.50 bits per heavy atom. The Kier molecular flexibility index (Phi) is 2.57. The number of hydrazine groups is 1. The van der Waals surface area contributed by atoms with Crippen LogP contribution in [0.5, 0.6) is 0 Å². The van der Waals surface area contributed by atoms with Crippen molar-refractivity contribution in [3.63, 3.8) is 0 Å². The minimum Gasteiger partial charge on any atom is -0.257 e. The lowest BCUT2D eigenvalue weighted by atomic mass is 9.90. The van der Waals surface area contributed by atoms with Crippen LogP contribution in [-0.2, 0) is 0 Å². The fraction of sp³-hybridized carbons (Fsp3) is 0.500. The third-order valence-corrected chi connectivity index (χ3v) is 2.97. The summed E-state index contributed by atoms with van der Waals surface area (Å²) >= 11 is 0. The Balaban J connectivity index is 2.40. The van der Waals surface area contributed by atoms with Crippen LogP contribution >= 0.6 is 0 Å². The van der Waals surface area contributed by atoms with Gasteiger partial charge in [0, 0.05) is 19.0 Å². The quantitative estimate of drug-likeness (QED) is 0.705. The van der Waals surface area contributed by atoms with E-state index < -0.39 is 0 Å². The first kappa shape index (κ1) is 9.69. The van der Waals surface area contributed by atoms with Gasteiger partial charge in [-0.2, -0.15) is 0 Å². The molecule has 1 aromatic rings. The molecule has 0 unspecified atom stereocenters. The van der Waals surface area contributed by atoms with Crippen LogP contribution in [0, 0.1) is 20.8 Å². The molecule has 1 fully saturated rings.